The van der Waals surface area contributed by atoms with Crippen LogP contribution in [0.1, 0.15) is 32.1 Å². The largest absolute Gasteiger partial charge is 0.326 e. The van der Waals surface area contributed by atoms with Crippen molar-refractivity contribution in [2.75, 3.05) is 10.0 Å². The number of anilines is 2. The number of sulfonamides is 1. The molecule has 2 fully saturated rings. The molecule has 4 rings (SSSR count). The zero-order valence-electron chi connectivity index (χ0n) is 15.4. The molecular formula is C21H23ClN2O3S. The SMILES string of the molecule is O=C(C[C@H]1C[C@@H]2CC[C@@H]1C2)Nc1cccc(S(=O)(=O)Nc2ccccc2Cl)c1. The number of para-hydroxylation sites is 1. The maximum atomic E-state index is 12.7. The number of nitrogens with one attached hydrogen (secondary N) is 2. The highest BCUT2D eigenvalue weighted by Crippen LogP contribution is 2.49. The van der Waals surface area contributed by atoms with E-state index in [0.717, 1.165) is 12.3 Å². The molecule has 2 bridgehead atoms. The van der Waals surface area contributed by atoms with E-state index in [1.165, 1.54) is 31.4 Å². The van der Waals surface area contributed by atoms with Crippen LogP contribution >= 0.6 is 11.6 Å². The number of rotatable bonds is 6. The van der Waals surface area contributed by atoms with Gasteiger partial charge in [-0.2, -0.15) is 0 Å². The van der Waals surface area contributed by atoms with Gasteiger partial charge >= 0.3 is 0 Å². The van der Waals surface area contributed by atoms with Crippen LogP contribution in [0.5, 0.6) is 0 Å². The van der Waals surface area contributed by atoms with Gasteiger partial charge < -0.3 is 5.32 Å². The van der Waals surface area contributed by atoms with Gasteiger partial charge in [-0.3, -0.25) is 9.52 Å². The van der Waals surface area contributed by atoms with Gasteiger partial charge in [-0.15, -0.1) is 0 Å². The molecule has 28 heavy (non-hydrogen) atoms. The number of benzene rings is 2. The molecule has 1 amide bonds. The van der Waals surface area contributed by atoms with Crippen LogP contribution in [-0.4, -0.2) is 14.3 Å². The third-order valence-corrected chi connectivity index (χ3v) is 7.57. The molecule has 2 aliphatic carbocycles. The van der Waals surface area contributed by atoms with Crippen molar-refractivity contribution in [2.45, 2.75) is 37.0 Å². The molecule has 0 saturated heterocycles. The summed E-state index contributed by atoms with van der Waals surface area (Å²) in [4.78, 5) is 12.5. The molecule has 3 atom stereocenters. The summed E-state index contributed by atoms with van der Waals surface area (Å²) in [5, 5.41) is 3.18. The minimum atomic E-state index is -3.81. The van der Waals surface area contributed by atoms with Crippen molar-refractivity contribution in [2.24, 2.45) is 17.8 Å². The van der Waals surface area contributed by atoms with E-state index in [0.29, 0.717) is 34.7 Å². The van der Waals surface area contributed by atoms with Gasteiger partial charge in [0.2, 0.25) is 5.91 Å². The second-order valence-corrected chi connectivity index (χ2v) is 9.89. The molecule has 2 saturated carbocycles. The summed E-state index contributed by atoms with van der Waals surface area (Å²) in [6.07, 6.45) is 5.47. The van der Waals surface area contributed by atoms with Gasteiger partial charge in [0.25, 0.3) is 10.0 Å². The fourth-order valence-corrected chi connectivity index (χ4v) is 5.93. The molecule has 2 aromatic rings. The second-order valence-electron chi connectivity index (χ2n) is 7.80. The Bertz CT molecular complexity index is 993. The molecule has 0 unspecified atom stereocenters. The number of fused-ring (bicyclic) bond motifs is 2. The highest BCUT2D eigenvalue weighted by molar-refractivity contribution is 7.92. The van der Waals surface area contributed by atoms with Crippen molar-refractivity contribution in [3.05, 3.63) is 53.6 Å². The minimum Gasteiger partial charge on any atom is -0.326 e. The van der Waals surface area contributed by atoms with Crippen LogP contribution < -0.4 is 10.0 Å². The maximum absolute atomic E-state index is 12.7. The van der Waals surface area contributed by atoms with E-state index in [1.54, 1.807) is 36.4 Å². The Labute approximate surface area is 170 Å². The number of hydrogen-bond acceptors (Lipinski definition) is 3. The normalized spacial score (nSPS) is 23.5. The number of amides is 1. The molecule has 0 spiro atoms. The van der Waals surface area contributed by atoms with Crippen molar-refractivity contribution in [3.8, 4) is 0 Å². The van der Waals surface area contributed by atoms with E-state index in [1.807, 2.05) is 0 Å². The highest BCUT2D eigenvalue weighted by atomic mass is 35.5. The quantitative estimate of drug-likeness (QED) is 0.700. The second kappa shape index (κ2) is 7.76. The van der Waals surface area contributed by atoms with Gasteiger partial charge in [0.05, 0.1) is 15.6 Å². The first-order valence-electron chi connectivity index (χ1n) is 9.58. The van der Waals surface area contributed by atoms with Crippen LogP contribution in [0.15, 0.2) is 53.4 Å². The zero-order chi connectivity index (χ0) is 19.7. The summed E-state index contributed by atoms with van der Waals surface area (Å²) in [5.41, 5.74) is 0.796. The van der Waals surface area contributed by atoms with Gasteiger partial charge in [0.1, 0.15) is 0 Å². The lowest BCUT2D eigenvalue weighted by Gasteiger charge is -2.21. The van der Waals surface area contributed by atoms with E-state index in [2.05, 4.69) is 10.0 Å². The van der Waals surface area contributed by atoms with Crippen LogP contribution in [0.25, 0.3) is 0 Å². The Morgan fingerprint density at radius 2 is 1.89 bits per heavy atom. The number of hydrogen-bond donors (Lipinski definition) is 2. The first-order chi connectivity index (χ1) is 13.4. The molecule has 0 aliphatic heterocycles. The molecule has 7 heteroatoms. The minimum absolute atomic E-state index is 0.0499. The molecule has 2 aliphatic rings. The molecule has 0 radical (unpaired) electrons. The molecule has 148 valence electrons. The van der Waals surface area contributed by atoms with Crippen molar-refractivity contribution >= 4 is 38.9 Å². The topological polar surface area (TPSA) is 75.3 Å². The standard InChI is InChI=1S/C21H23ClN2O3S/c22-19-6-1-2-7-20(19)24-28(26,27)18-5-3-4-17(13-18)23-21(25)12-16-11-14-8-9-15(16)10-14/h1-7,13-16,24H,8-12H2,(H,23,25)/t14-,15-,16-/m1/s1. The summed E-state index contributed by atoms with van der Waals surface area (Å²) < 4.78 is 27.8. The van der Waals surface area contributed by atoms with E-state index in [9.17, 15) is 13.2 Å². The van der Waals surface area contributed by atoms with Gasteiger partial charge in [0, 0.05) is 12.1 Å². The predicted molar refractivity (Wildman–Crippen MR) is 111 cm³/mol. The summed E-state index contributed by atoms with van der Waals surface area (Å²) in [7, 11) is -3.81. The molecular weight excluding hydrogens is 396 g/mol. The maximum Gasteiger partial charge on any atom is 0.262 e. The Hall–Kier alpha value is -2.05. The molecule has 0 heterocycles. The summed E-state index contributed by atoms with van der Waals surface area (Å²) >= 11 is 6.04. The van der Waals surface area contributed by atoms with E-state index >= 15 is 0 Å². The lowest BCUT2D eigenvalue weighted by Crippen LogP contribution is -2.20. The fourth-order valence-electron chi connectivity index (χ4n) is 4.57. The van der Waals surface area contributed by atoms with Gasteiger partial charge in [-0.25, -0.2) is 8.42 Å². The van der Waals surface area contributed by atoms with Crippen molar-refractivity contribution in [3.63, 3.8) is 0 Å². The first kappa shape index (κ1) is 19.3. The number of carbonyl (C=O) groups is 1. The van der Waals surface area contributed by atoms with Crippen LogP contribution in [0.4, 0.5) is 11.4 Å². The lowest BCUT2D eigenvalue weighted by atomic mass is 9.86. The number of halogens is 1. The first-order valence-corrected chi connectivity index (χ1v) is 11.4. The molecule has 5 nitrogen and oxygen atoms in total. The number of carbonyl (C=O) groups excluding carboxylic acids is 1. The fraction of sp³-hybridized carbons (Fsp3) is 0.381. The van der Waals surface area contributed by atoms with Crippen molar-refractivity contribution in [1.29, 1.82) is 0 Å². The van der Waals surface area contributed by atoms with Crippen molar-refractivity contribution < 1.29 is 13.2 Å². The van der Waals surface area contributed by atoms with Gasteiger partial charge in [0.15, 0.2) is 0 Å². The average Bonchev–Trinajstić information content (AvgIpc) is 3.27. The Morgan fingerprint density at radius 1 is 1.07 bits per heavy atom. The van der Waals surface area contributed by atoms with E-state index in [-0.39, 0.29) is 10.8 Å². The van der Waals surface area contributed by atoms with Crippen LogP contribution in [0, 0.1) is 17.8 Å². The third-order valence-electron chi connectivity index (χ3n) is 5.88. The van der Waals surface area contributed by atoms with E-state index in [4.69, 9.17) is 11.6 Å². The highest BCUT2D eigenvalue weighted by Gasteiger charge is 2.40. The van der Waals surface area contributed by atoms with E-state index < -0.39 is 10.0 Å². The Kier molecular flexibility index (Phi) is 5.34. The molecule has 2 N–H and O–H groups in total. The Balaban J connectivity index is 1.43. The summed E-state index contributed by atoms with van der Waals surface area (Å²) in [6.45, 7) is 0. The van der Waals surface area contributed by atoms with Gasteiger partial charge in [-0.1, -0.05) is 36.2 Å². The smallest absolute Gasteiger partial charge is 0.262 e. The van der Waals surface area contributed by atoms with Crippen molar-refractivity contribution in [1.82, 2.24) is 0 Å². The lowest BCUT2D eigenvalue weighted by molar-refractivity contribution is -0.117. The van der Waals surface area contributed by atoms with Crippen LogP contribution in [-0.2, 0) is 14.8 Å². The average molecular weight is 419 g/mol. The molecule has 2 aromatic carbocycles. The summed E-state index contributed by atoms with van der Waals surface area (Å²) in [5.74, 6) is 1.90. The van der Waals surface area contributed by atoms with Crippen LogP contribution in [0.3, 0.4) is 0 Å². The molecule has 0 aromatic heterocycles. The summed E-state index contributed by atoms with van der Waals surface area (Å²) in [6, 6.07) is 12.9. The monoisotopic (exact) mass is 418 g/mol. The van der Waals surface area contributed by atoms with Crippen LogP contribution in [0.2, 0.25) is 5.02 Å². The Morgan fingerprint density at radius 3 is 2.61 bits per heavy atom. The predicted octanol–water partition coefficient (Wildman–Crippen LogP) is 4.91. The third kappa shape index (κ3) is 4.18. The zero-order valence-corrected chi connectivity index (χ0v) is 17.0. The van der Waals surface area contributed by atoms with Gasteiger partial charge in [-0.05, 0) is 67.3 Å².